The number of carbonyl (C=O) groups is 1. The van der Waals surface area contributed by atoms with E-state index in [2.05, 4.69) is 22.8 Å². The van der Waals surface area contributed by atoms with Crippen LogP contribution in [0.2, 0.25) is 0 Å². The van der Waals surface area contributed by atoms with E-state index in [1.165, 1.54) is 0 Å². The lowest BCUT2D eigenvalue weighted by Gasteiger charge is -2.10. The van der Waals surface area contributed by atoms with Gasteiger partial charge in [0.1, 0.15) is 11.5 Å². The smallest absolute Gasteiger partial charge is 0.310 e. The Hall–Kier alpha value is -4.71. The number of esters is 1. The summed E-state index contributed by atoms with van der Waals surface area (Å²) >= 11 is 0. The van der Waals surface area contributed by atoms with Gasteiger partial charge in [0.05, 0.1) is 13.0 Å². The fourth-order valence-electron chi connectivity index (χ4n) is 4.51. The summed E-state index contributed by atoms with van der Waals surface area (Å²) in [7, 11) is 0. The molecule has 0 saturated heterocycles. The monoisotopic (exact) mass is 491 g/mol. The summed E-state index contributed by atoms with van der Waals surface area (Å²) in [5.41, 5.74) is 18.3. The molecular formula is C31H29N3O3. The molecule has 1 heterocycles. The molecule has 0 aliphatic rings. The van der Waals surface area contributed by atoms with Crippen molar-refractivity contribution in [3.05, 3.63) is 108 Å². The van der Waals surface area contributed by atoms with E-state index in [4.69, 9.17) is 20.9 Å². The highest BCUT2D eigenvalue weighted by Crippen LogP contribution is 2.31. The minimum atomic E-state index is -0.239. The average Bonchev–Trinajstić information content (AvgIpc) is 3.21. The van der Waals surface area contributed by atoms with E-state index in [9.17, 15) is 4.79 Å². The van der Waals surface area contributed by atoms with Crippen LogP contribution in [0.15, 0.2) is 97.2 Å². The quantitative estimate of drug-likeness (QED) is 0.193. The molecule has 0 fully saturated rings. The van der Waals surface area contributed by atoms with E-state index in [1.54, 1.807) is 6.07 Å². The molecule has 0 bridgehead atoms. The zero-order valence-corrected chi connectivity index (χ0v) is 20.7. The molecule has 6 heteroatoms. The van der Waals surface area contributed by atoms with Gasteiger partial charge in [0, 0.05) is 35.0 Å². The number of hydrogen-bond acceptors (Lipinski definition) is 5. The predicted octanol–water partition coefficient (Wildman–Crippen LogP) is 6.42. The molecule has 37 heavy (non-hydrogen) atoms. The van der Waals surface area contributed by atoms with E-state index in [0.717, 1.165) is 44.7 Å². The number of ether oxygens (including phenoxy) is 2. The van der Waals surface area contributed by atoms with Gasteiger partial charge in [-0.05, 0) is 77.7 Å². The zero-order chi connectivity index (χ0) is 25.8. The third-order valence-corrected chi connectivity index (χ3v) is 6.17. The van der Waals surface area contributed by atoms with Crippen LogP contribution in [0.25, 0.3) is 22.0 Å². The van der Waals surface area contributed by atoms with Crippen LogP contribution in [-0.4, -0.2) is 17.1 Å². The highest BCUT2D eigenvalue weighted by Gasteiger charge is 2.15. The summed E-state index contributed by atoms with van der Waals surface area (Å²) in [5, 5.41) is 1.01. The van der Waals surface area contributed by atoms with Crippen LogP contribution in [0.5, 0.6) is 11.5 Å². The third-order valence-electron chi connectivity index (χ3n) is 6.17. The van der Waals surface area contributed by atoms with Crippen LogP contribution in [-0.2, 0) is 22.5 Å². The normalized spacial score (nSPS) is 10.9. The Morgan fingerprint density at radius 1 is 0.811 bits per heavy atom. The number of carbonyl (C=O) groups excluding carboxylic acids is 1. The van der Waals surface area contributed by atoms with Gasteiger partial charge in [-0.3, -0.25) is 4.79 Å². The molecule has 5 rings (SSSR count). The van der Waals surface area contributed by atoms with Crippen LogP contribution in [0, 0.1) is 0 Å². The number of rotatable bonds is 8. The molecule has 0 aliphatic heterocycles. The first kappa shape index (κ1) is 24.0. The SMILES string of the molecule is CCOC(=O)Cc1cn(Cc2ccc(Oc3ccccc3)cc2)c2cc(-c3cc(N)cc(N)c3)ccc12. The number of nitrogens with zero attached hydrogens (tertiary/aromatic N) is 1. The number of anilines is 2. The Bertz CT molecular complexity index is 1520. The lowest BCUT2D eigenvalue weighted by molar-refractivity contribution is -0.142. The van der Waals surface area contributed by atoms with Crippen molar-refractivity contribution < 1.29 is 14.3 Å². The second kappa shape index (κ2) is 10.5. The molecule has 4 N–H and O–H groups in total. The van der Waals surface area contributed by atoms with Crippen LogP contribution < -0.4 is 16.2 Å². The first-order valence-electron chi connectivity index (χ1n) is 12.2. The number of aromatic nitrogens is 1. The maximum absolute atomic E-state index is 12.3. The van der Waals surface area contributed by atoms with Crippen molar-refractivity contribution in [1.29, 1.82) is 0 Å². The zero-order valence-electron chi connectivity index (χ0n) is 20.7. The summed E-state index contributed by atoms with van der Waals surface area (Å²) in [6.07, 6.45) is 2.25. The second-order valence-electron chi connectivity index (χ2n) is 8.94. The predicted molar refractivity (Wildman–Crippen MR) is 149 cm³/mol. The topological polar surface area (TPSA) is 92.5 Å². The van der Waals surface area contributed by atoms with E-state index in [-0.39, 0.29) is 12.4 Å². The summed E-state index contributed by atoms with van der Waals surface area (Å²) in [6, 6.07) is 29.5. The minimum absolute atomic E-state index is 0.214. The fraction of sp³-hybridized carbons (Fsp3) is 0.129. The van der Waals surface area contributed by atoms with Gasteiger partial charge in [-0.1, -0.05) is 42.5 Å². The summed E-state index contributed by atoms with van der Waals surface area (Å²) in [6.45, 7) is 2.80. The minimum Gasteiger partial charge on any atom is -0.466 e. The molecule has 0 unspecified atom stereocenters. The maximum Gasteiger partial charge on any atom is 0.310 e. The number of hydrogen-bond donors (Lipinski definition) is 2. The van der Waals surface area contributed by atoms with Crippen molar-refractivity contribution >= 4 is 28.2 Å². The molecule has 0 radical (unpaired) electrons. The first-order valence-corrected chi connectivity index (χ1v) is 12.2. The highest BCUT2D eigenvalue weighted by atomic mass is 16.5. The molecule has 5 aromatic rings. The lowest BCUT2D eigenvalue weighted by atomic mass is 10.0. The second-order valence-corrected chi connectivity index (χ2v) is 8.94. The van der Waals surface area contributed by atoms with Gasteiger partial charge >= 0.3 is 5.97 Å². The van der Waals surface area contributed by atoms with E-state index in [0.29, 0.717) is 24.5 Å². The van der Waals surface area contributed by atoms with Crippen molar-refractivity contribution in [2.45, 2.75) is 19.9 Å². The fourth-order valence-corrected chi connectivity index (χ4v) is 4.51. The molecule has 4 aromatic carbocycles. The van der Waals surface area contributed by atoms with Gasteiger partial charge in [-0.15, -0.1) is 0 Å². The van der Waals surface area contributed by atoms with Gasteiger partial charge in [0.25, 0.3) is 0 Å². The molecular weight excluding hydrogens is 462 g/mol. The molecule has 186 valence electrons. The molecule has 0 saturated carbocycles. The summed E-state index contributed by atoms with van der Waals surface area (Å²) in [4.78, 5) is 12.3. The third kappa shape index (κ3) is 5.59. The van der Waals surface area contributed by atoms with Crippen molar-refractivity contribution in [3.63, 3.8) is 0 Å². The number of benzene rings is 4. The van der Waals surface area contributed by atoms with E-state index >= 15 is 0 Å². The van der Waals surface area contributed by atoms with Gasteiger partial charge in [-0.25, -0.2) is 0 Å². The Morgan fingerprint density at radius 2 is 1.51 bits per heavy atom. The van der Waals surface area contributed by atoms with Crippen molar-refractivity contribution in [2.75, 3.05) is 18.1 Å². The Morgan fingerprint density at radius 3 is 2.22 bits per heavy atom. The van der Waals surface area contributed by atoms with Crippen LogP contribution in [0.4, 0.5) is 11.4 Å². The molecule has 0 aliphatic carbocycles. The Balaban J connectivity index is 1.48. The molecule has 0 amide bonds. The van der Waals surface area contributed by atoms with E-state index < -0.39 is 0 Å². The largest absolute Gasteiger partial charge is 0.466 e. The number of fused-ring (bicyclic) bond motifs is 1. The van der Waals surface area contributed by atoms with Crippen molar-refractivity contribution in [2.24, 2.45) is 0 Å². The Labute approximate surface area is 216 Å². The average molecular weight is 492 g/mol. The number of para-hydroxylation sites is 1. The molecule has 0 atom stereocenters. The first-order chi connectivity index (χ1) is 18.0. The van der Waals surface area contributed by atoms with Crippen LogP contribution in [0.1, 0.15) is 18.1 Å². The van der Waals surface area contributed by atoms with Gasteiger partial charge < -0.3 is 25.5 Å². The van der Waals surface area contributed by atoms with Crippen LogP contribution in [0.3, 0.4) is 0 Å². The maximum atomic E-state index is 12.3. The highest BCUT2D eigenvalue weighted by molar-refractivity contribution is 5.91. The number of nitrogens with two attached hydrogens (primary N) is 2. The molecule has 0 spiro atoms. The lowest BCUT2D eigenvalue weighted by Crippen LogP contribution is -2.07. The molecule has 6 nitrogen and oxygen atoms in total. The van der Waals surface area contributed by atoms with Crippen molar-refractivity contribution in [1.82, 2.24) is 4.57 Å². The van der Waals surface area contributed by atoms with Gasteiger partial charge in [0.15, 0.2) is 0 Å². The molecule has 1 aromatic heterocycles. The van der Waals surface area contributed by atoms with Crippen LogP contribution >= 0.6 is 0 Å². The van der Waals surface area contributed by atoms with Gasteiger partial charge in [-0.2, -0.15) is 0 Å². The standard InChI is InChI=1S/C31H29N3O3/c1-2-36-31(35)17-24-20-34(19-21-8-11-28(12-9-21)37-27-6-4-3-5-7-27)30-16-22(10-13-29(24)30)23-14-25(32)18-26(33)15-23/h3-16,18,20H,2,17,19,32-33H2,1H3. The van der Waals surface area contributed by atoms with Crippen molar-refractivity contribution in [3.8, 4) is 22.6 Å². The van der Waals surface area contributed by atoms with E-state index in [1.807, 2.05) is 79.9 Å². The summed E-state index contributed by atoms with van der Waals surface area (Å²) < 4.78 is 13.3. The number of nitrogen functional groups attached to an aromatic ring is 2. The van der Waals surface area contributed by atoms with Gasteiger partial charge in [0.2, 0.25) is 0 Å². The summed E-state index contributed by atoms with van der Waals surface area (Å²) in [5.74, 6) is 1.33. The Kier molecular flexibility index (Phi) is 6.81.